The van der Waals surface area contributed by atoms with Gasteiger partial charge in [-0.3, -0.25) is 9.78 Å². The third kappa shape index (κ3) is 4.59. The zero-order chi connectivity index (χ0) is 22.7. The topological polar surface area (TPSA) is 57.3 Å². The zero-order valence-electron chi connectivity index (χ0n) is 17.1. The molecule has 8 heteroatoms. The number of carbonyl (C=O) groups excluding carboxylic acids is 1. The van der Waals surface area contributed by atoms with Crippen molar-refractivity contribution in [2.24, 2.45) is 0 Å². The molecule has 0 saturated carbocycles. The molecule has 3 aromatic rings. The van der Waals surface area contributed by atoms with E-state index in [1.807, 2.05) is 35.2 Å². The monoisotopic (exact) mass is 438 g/mol. The molecule has 0 radical (unpaired) electrons. The molecule has 5 nitrogen and oxygen atoms in total. The molecule has 32 heavy (non-hydrogen) atoms. The minimum Gasteiger partial charge on any atom is -0.354 e. The lowest BCUT2D eigenvalue weighted by Gasteiger charge is -2.37. The first-order valence-electron chi connectivity index (χ1n) is 10.0. The fraction of sp³-hybridized carbons (Fsp3) is 0.167. The molecule has 1 aromatic heterocycles. The number of amides is 1. The van der Waals surface area contributed by atoms with Crippen molar-refractivity contribution in [1.82, 2.24) is 10.3 Å². The smallest absolute Gasteiger partial charge is 0.354 e. The Bertz CT molecular complexity index is 1110. The number of halogens is 3. The van der Waals surface area contributed by atoms with Crippen molar-refractivity contribution in [3.8, 4) is 0 Å². The van der Waals surface area contributed by atoms with Crippen LogP contribution in [0.15, 0.2) is 79.6 Å². The molecule has 0 bridgehead atoms. The van der Waals surface area contributed by atoms with Crippen molar-refractivity contribution in [2.75, 3.05) is 16.8 Å². The molecule has 0 saturated heterocycles. The summed E-state index contributed by atoms with van der Waals surface area (Å²) in [7, 11) is 0. The van der Waals surface area contributed by atoms with Crippen LogP contribution < -0.4 is 15.5 Å². The minimum atomic E-state index is -4.40. The first kappa shape index (κ1) is 21.4. The summed E-state index contributed by atoms with van der Waals surface area (Å²) in [5.41, 5.74) is 3.35. The molecule has 1 aliphatic heterocycles. The van der Waals surface area contributed by atoms with Gasteiger partial charge >= 0.3 is 6.18 Å². The van der Waals surface area contributed by atoms with E-state index >= 15 is 0 Å². The van der Waals surface area contributed by atoms with Crippen molar-refractivity contribution < 1.29 is 18.0 Å². The van der Waals surface area contributed by atoms with E-state index in [0.29, 0.717) is 18.7 Å². The number of nitrogens with zero attached hydrogens (tertiary/aromatic N) is 2. The zero-order valence-corrected chi connectivity index (χ0v) is 17.1. The molecule has 1 atom stereocenters. The van der Waals surface area contributed by atoms with Gasteiger partial charge in [-0.25, -0.2) is 0 Å². The third-order valence-electron chi connectivity index (χ3n) is 5.27. The molecule has 164 valence electrons. The van der Waals surface area contributed by atoms with Gasteiger partial charge < -0.3 is 15.5 Å². The molecule has 1 amide bonds. The normalized spacial score (nSPS) is 15.6. The first-order valence-corrected chi connectivity index (χ1v) is 10.0. The predicted octanol–water partition coefficient (Wildman–Crippen LogP) is 5.21. The van der Waals surface area contributed by atoms with Gasteiger partial charge in [0, 0.05) is 35.4 Å². The van der Waals surface area contributed by atoms with Gasteiger partial charge in [0.1, 0.15) is 0 Å². The van der Waals surface area contributed by atoms with E-state index in [1.165, 1.54) is 18.2 Å². The van der Waals surface area contributed by atoms with Crippen LogP contribution in [-0.4, -0.2) is 23.5 Å². The second-order valence-corrected chi connectivity index (χ2v) is 7.44. The van der Waals surface area contributed by atoms with E-state index in [0.717, 1.165) is 34.8 Å². The van der Waals surface area contributed by atoms with Crippen LogP contribution in [0.2, 0.25) is 0 Å². The van der Waals surface area contributed by atoms with E-state index in [-0.39, 0.29) is 11.9 Å². The predicted molar refractivity (Wildman–Crippen MR) is 118 cm³/mol. The van der Waals surface area contributed by atoms with E-state index in [9.17, 15) is 18.0 Å². The molecular formula is C24H21F3N4O. The van der Waals surface area contributed by atoms with Gasteiger partial charge in [0.15, 0.2) is 0 Å². The second-order valence-electron chi connectivity index (χ2n) is 7.44. The number of aromatic nitrogens is 1. The third-order valence-corrected chi connectivity index (χ3v) is 5.27. The van der Waals surface area contributed by atoms with Crippen LogP contribution in [0.4, 0.5) is 35.9 Å². The molecule has 2 aromatic carbocycles. The van der Waals surface area contributed by atoms with Gasteiger partial charge in [-0.2, -0.15) is 13.2 Å². The summed E-state index contributed by atoms with van der Waals surface area (Å²) in [5, 5.41) is 6.27. The van der Waals surface area contributed by atoms with Gasteiger partial charge in [-0.05, 0) is 61.0 Å². The summed E-state index contributed by atoms with van der Waals surface area (Å²) in [6.45, 7) is 3.91. The molecular weight excluding hydrogens is 417 g/mol. The summed E-state index contributed by atoms with van der Waals surface area (Å²) >= 11 is 0. The van der Waals surface area contributed by atoms with Gasteiger partial charge in [-0.15, -0.1) is 0 Å². The lowest BCUT2D eigenvalue weighted by molar-refractivity contribution is -0.137. The van der Waals surface area contributed by atoms with Crippen LogP contribution in [0.3, 0.4) is 0 Å². The number of fused-ring (bicyclic) bond motifs is 1. The average Bonchev–Trinajstić information content (AvgIpc) is 2.79. The minimum absolute atomic E-state index is 0.257. The Labute approximate surface area is 183 Å². The van der Waals surface area contributed by atoms with E-state index in [4.69, 9.17) is 0 Å². The molecule has 0 fully saturated rings. The van der Waals surface area contributed by atoms with E-state index < -0.39 is 11.7 Å². The van der Waals surface area contributed by atoms with Gasteiger partial charge in [0.25, 0.3) is 0 Å². The fourth-order valence-electron chi connectivity index (χ4n) is 3.81. The Morgan fingerprint density at radius 1 is 1.12 bits per heavy atom. The highest BCUT2D eigenvalue weighted by atomic mass is 19.4. The standard InChI is InChI=1S/C24H21F3N4O/c1-2-23(32)30-18-13-20-21(29-17-5-4-12-28-14-17)6-3-7-22(20)31(15-18)19-10-8-16(9-11-19)24(25,26)27/h2-12,14,18,29H,1,13,15H2,(H,30,32). The Kier molecular flexibility index (Phi) is 5.85. The number of alkyl halides is 3. The number of carbonyl (C=O) groups is 1. The summed E-state index contributed by atoms with van der Waals surface area (Å²) in [6, 6.07) is 14.2. The summed E-state index contributed by atoms with van der Waals surface area (Å²) in [4.78, 5) is 18.0. The van der Waals surface area contributed by atoms with Crippen LogP contribution in [0.1, 0.15) is 11.1 Å². The molecule has 2 N–H and O–H groups in total. The number of anilines is 4. The first-order chi connectivity index (χ1) is 15.3. The molecule has 4 rings (SSSR count). The van der Waals surface area contributed by atoms with Crippen molar-refractivity contribution in [2.45, 2.75) is 18.6 Å². The molecule has 0 aliphatic carbocycles. The number of hydrogen-bond acceptors (Lipinski definition) is 4. The molecule has 1 aliphatic rings. The molecule has 2 heterocycles. The largest absolute Gasteiger partial charge is 0.416 e. The Balaban J connectivity index is 1.73. The van der Waals surface area contributed by atoms with Gasteiger partial charge in [0.2, 0.25) is 5.91 Å². The summed E-state index contributed by atoms with van der Waals surface area (Å²) in [6.07, 6.45) is 0.735. The SMILES string of the molecule is C=CC(=O)NC1Cc2c(Nc3cccnc3)cccc2N(c2ccc(C(F)(F)F)cc2)C1. The Hall–Kier alpha value is -3.81. The molecule has 1 unspecified atom stereocenters. The molecule has 0 spiro atoms. The maximum absolute atomic E-state index is 13.0. The van der Waals surface area contributed by atoms with Crippen LogP contribution in [-0.2, 0) is 17.4 Å². The Morgan fingerprint density at radius 2 is 1.91 bits per heavy atom. The van der Waals surface area contributed by atoms with Crippen molar-refractivity contribution in [3.05, 3.63) is 90.8 Å². The average molecular weight is 438 g/mol. The number of pyridine rings is 1. The maximum Gasteiger partial charge on any atom is 0.416 e. The highest BCUT2D eigenvalue weighted by Gasteiger charge is 2.32. The number of nitrogens with one attached hydrogen (secondary N) is 2. The highest BCUT2D eigenvalue weighted by Crippen LogP contribution is 2.39. The quantitative estimate of drug-likeness (QED) is 0.537. The fourth-order valence-corrected chi connectivity index (χ4v) is 3.81. The van der Waals surface area contributed by atoms with Crippen molar-refractivity contribution >= 4 is 28.7 Å². The van der Waals surface area contributed by atoms with E-state index in [1.54, 1.807) is 12.4 Å². The second kappa shape index (κ2) is 8.74. The lowest BCUT2D eigenvalue weighted by Crippen LogP contribution is -2.46. The van der Waals surface area contributed by atoms with Gasteiger partial charge in [0.05, 0.1) is 23.5 Å². The van der Waals surface area contributed by atoms with Gasteiger partial charge in [-0.1, -0.05) is 12.6 Å². The van der Waals surface area contributed by atoms with Crippen LogP contribution in [0, 0.1) is 0 Å². The summed E-state index contributed by atoms with van der Waals surface area (Å²) in [5.74, 6) is -0.302. The van der Waals surface area contributed by atoms with Crippen LogP contribution >= 0.6 is 0 Å². The van der Waals surface area contributed by atoms with Crippen LogP contribution in [0.5, 0.6) is 0 Å². The van der Waals surface area contributed by atoms with Crippen molar-refractivity contribution in [1.29, 1.82) is 0 Å². The number of hydrogen-bond donors (Lipinski definition) is 2. The summed E-state index contributed by atoms with van der Waals surface area (Å²) < 4.78 is 39.1. The number of rotatable bonds is 5. The van der Waals surface area contributed by atoms with E-state index in [2.05, 4.69) is 22.2 Å². The van der Waals surface area contributed by atoms with Crippen LogP contribution in [0.25, 0.3) is 0 Å². The lowest BCUT2D eigenvalue weighted by atomic mass is 9.95. The van der Waals surface area contributed by atoms with Crippen molar-refractivity contribution in [3.63, 3.8) is 0 Å². The maximum atomic E-state index is 13.0. The number of benzene rings is 2. The highest BCUT2D eigenvalue weighted by molar-refractivity contribution is 5.87. The Morgan fingerprint density at radius 3 is 2.56 bits per heavy atom.